The molecule has 2 unspecified atom stereocenters. The molecule has 0 bridgehead atoms. The summed E-state index contributed by atoms with van der Waals surface area (Å²) >= 11 is 0. The molecule has 2 heterocycles. The minimum absolute atomic E-state index is 0.00950. The molecule has 1 amide bonds. The van der Waals surface area contributed by atoms with Gasteiger partial charge in [0.15, 0.2) is 0 Å². The lowest BCUT2D eigenvalue weighted by Crippen LogP contribution is -2.44. The zero-order valence-corrected chi connectivity index (χ0v) is 16.7. The highest BCUT2D eigenvalue weighted by Crippen LogP contribution is 2.29. The van der Waals surface area contributed by atoms with E-state index in [0.29, 0.717) is 11.8 Å². The monoisotopic (exact) mass is 365 g/mol. The van der Waals surface area contributed by atoms with Gasteiger partial charge in [-0.05, 0) is 61.9 Å². The second-order valence-corrected chi connectivity index (χ2v) is 8.08. The highest BCUT2D eigenvalue weighted by atomic mass is 16.1. The summed E-state index contributed by atoms with van der Waals surface area (Å²) in [7, 11) is 0. The molecule has 1 aliphatic rings. The van der Waals surface area contributed by atoms with E-state index in [9.17, 15) is 4.79 Å². The topological polar surface area (TPSA) is 45.2 Å². The Kier molecular flexibility index (Phi) is 6.62. The van der Waals surface area contributed by atoms with Gasteiger partial charge in [0.25, 0.3) is 5.91 Å². The van der Waals surface area contributed by atoms with E-state index in [-0.39, 0.29) is 11.9 Å². The normalized spacial score (nSPS) is 19.0. The van der Waals surface area contributed by atoms with Crippen LogP contribution in [0.3, 0.4) is 0 Å². The first-order chi connectivity index (χ1) is 13.0. The lowest BCUT2D eigenvalue weighted by Gasteiger charge is -2.37. The van der Waals surface area contributed by atoms with Gasteiger partial charge in [-0.1, -0.05) is 38.1 Å². The van der Waals surface area contributed by atoms with Crippen LogP contribution in [-0.2, 0) is 0 Å². The summed E-state index contributed by atoms with van der Waals surface area (Å²) in [5, 5.41) is 3.31. The number of nitrogens with one attached hydrogen (secondary N) is 1. The zero-order chi connectivity index (χ0) is 19.2. The molecule has 1 aromatic heterocycles. The maximum atomic E-state index is 13.0. The van der Waals surface area contributed by atoms with Gasteiger partial charge in [-0.3, -0.25) is 9.78 Å². The summed E-state index contributed by atoms with van der Waals surface area (Å²) in [5.74, 6) is 1.02. The lowest BCUT2D eigenvalue weighted by atomic mass is 9.87. The molecule has 1 aliphatic heterocycles. The number of benzene rings is 1. The van der Waals surface area contributed by atoms with E-state index in [0.717, 1.165) is 42.9 Å². The van der Waals surface area contributed by atoms with E-state index < -0.39 is 0 Å². The van der Waals surface area contributed by atoms with E-state index >= 15 is 0 Å². The first-order valence-corrected chi connectivity index (χ1v) is 10.0. The van der Waals surface area contributed by atoms with Gasteiger partial charge in [0.2, 0.25) is 0 Å². The number of piperidine rings is 1. The molecule has 3 rings (SSSR count). The van der Waals surface area contributed by atoms with Gasteiger partial charge in [0, 0.05) is 24.8 Å². The molecule has 1 aromatic carbocycles. The third kappa shape index (κ3) is 5.16. The van der Waals surface area contributed by atoms with Gasteiger partial charge in [0.05, 0.1) is 11.7 Å². The molecular weight excluding hydrogens is 334 g/mol. The Morgan fingerprint density at radius 3 is 2.70 bits per heavy atom. The zero-order valence-electron chi connectivity index (χ0n) is 16.7. The van der Waals surface area contributed by atoms with Crippen molar-refractivity contribution in [3.8, 4) is 0 Å². The quantitative estimate of drug-likeness (QED) is 0.833. The van der Waals surface area contributed by atoms with Crippen LogP contribution in [0, 0.1) is 18.8 Å². The number of carbonyl (C=O) groups excluding carboxylic acids is 1. The molecule has 144 valence electrons. The fraction of sp³-hybridized carbons (Fsp3) is 0.478. The highest BCUT2D eigenvalue weighted by molar-refractivity contribution is 5.95. The molecule has 2 aromatic rings. The van der Waals surface area contributed by atoms with Crippen molar-refractivity contribution in [1.29, 1.82) is 0 Å². The number of likely N-dealkylation sites (tertiary alicyclic amines) is 1. The molecule has 2 atom stereocenters. The lowest BCUT2D eigenvalue weighted by molar-refractivity contribution is 0.0870. The largest absolute Gasteiger partial charge is 0.343 e. The molecule has 1 fully saturated rings. The van der Waals surface area contributed by atoms with Gasteiger partial charge < -0.3 is 10.2 Å². The van der Waals surface area contributed by atoms with Crippen molar-refractivity contribution < 1.29 is 4.79 Å². The Balaban J connectivity index is 1.81. The van der Waals surface area contributed by atoms with Gasteiger partial charge >= 0.3 is 0 Å². The van der Waals surface area contributed by atoms with Crippen LogP contribution in [-0.4, -0.2) is 35.4 Å². The smallest absolute Gasteiger partial charge is 0.252 e. The molecular formula is C23H31N3O. The van der Waals surface area contributed by atoms with E-state index in [2.05, 4.69) is 29.0 Å². The molecule has 0 radical (unpaired) electrons. The third-order valence-electron chi connectivity index (χ3n) is 5.32. The van der Waals surface area contributed by atoms with Crippen LogP contribution in [0.1, 0.15) is 54.3 Å². The fourth-order valence-corrected chi connectivity index (χ4v) is 4.09. The van der Waals surface area contributed by atoms with Crippen LogP contribution in [0.4, 0.5) is 0 Å². The standard InChI is InChI=1S/C23H31N3O/c1-17(2)15-26-14-8-10-19(16-26)22(21-12-6-7-13-24-21)25-23(27)20-11-5-4-9-18(20)3/h4-7,9,11-13,17,19,22H,8,10,14-16H2,1-3H3,(H,25,27). The number of hydrogen-bond acceptors (Lipinski definition) is 3. The minimum atomic E-state index is -0.0618. The number of hydrogen-bond donors (Lipinski definition) is 1. The molecule has 1 N–H and O–H groups in total. The summed E-state index contributed by atoms with van der Waals surface area (Å²) in [4.78, 5) is 20.1. The Morgan fingerprint density at radius 1 is 1.22 bits per heavy atom. The number of nitrogens with zero attached hydrogens (tertiary/aromatic N) is 2. The van der Waals surface area contributed by atoms with Gasteiger partial charge in [-0.15, -0.1) is 0 Å². The van der Waals surface area contributed by atoms with Crippen molar-refractivity contribution in [3.05, 3.63) is 65.5 Å². The molecule has 1 saturated heterocycles. The van der Waals surface area contributed by atoms with Gasteiger partial charge in [-0.2, -0.15) is 0 Å². The first kappa shape index (κ1) is 19.6. The van der Waals surface area contributed by atoms with Crippen molar-refractivity contribution in [2.75, 3.05) is 19.6 Å². The summed E-state index contributed by atoms with van der Waals surface area (Å²) in [6.45, 7) is 9.77. The van der Waals surface area contributed by atoms with E-state index in [1.807, 2.05) is 55.6 Å². The second kappa shape index (κ2) is 9.14. The predicted octanol–water partition coefficient (Wildman–Crippen LogP) is 4.23. The van der Waals surface area contributed by atoms with Crippen LogP contribution >= 0.6 is 0 Å². The summed E-state index contributed by atoms with van der Waals surface area (Å²) in [6, 6.07) is 13.7. The van der Waals surface area contributed by atoms with Gasteiger partial charge in [0.1, 0.15) is 0 Å². The average Bonchev–Trinajstić information content (AvgIpc) is 2.66. The minimum Gasteiger partial charge on any atom is -0.343 e. The number of carbonyl (C=O) groups is 1. The number of amides is 1. The summed E-state index contributed by atoms with van der Waals surface area (Å²) < 4.78 is 0. The number of pyridine rings is 1. The van der Waals surface area contributed by atoms with Crippen molar-refractivity contribution in [2.24, 2.45) is 11.8 Å². The Labute approximate surface area is 163 Å². The van der Waals surface area contributed by atoms with Crippen molar-refractivity contribution in [3.63, 3.8) is 0 Å². The van der Waals surface area contributed by atoms with E-state index in [4.69, 9.17) is 0 Å². The second-order valence-electron chi connectivity index (χ2n) is 8.08. The van der Waals surface area contributed by atoms with Crippen LogP contribution in [0.15, 0.2) is 48.7 Å². The Bertz CT molecular complexity index is 744. The maximum Gasteiger partial charge on any atom is 0.252 e. The fourth-order valence-electron chi connectivity index (χ4n) is 4.09. The SMILES string of the molecule is Cc1ccccc1C(=O)NC(c1ccccn1)C1CCCN(CC(C)C)C1. The van der Waals surface area contributed by atoms with E-state index in [1.54, 1.807) is 0 Å². The van der Waals surface area contributed by atoms with E-state index in [1.165, 1.54) is 6.42 Å². The molecule has 4 heteroatoms. The molecule has 0 saturated carbocycles. The van der Waals surface area contributed by atoms with Crippen LogP contribution in [0.25, 0.3) is 0 Å². The van der Waals surface area contributed by atoms with Gasteiger partial charge in [-0.25, -0.2) is 0 Å². The van der Waals surface area contributed by atoms with Crippen molar-refractivity contribution in [1.82, 2.24) is 15.2 Å². The Hall–Kier alpha value is -2.20. The number of rotatable bonds is 6. The summed E-state index contributed by atoms with van der Waals surface area (Å²) in [5.41, 5.74) is 2.70. The number of aromatic nitrogens is 1. The van der Waals surface area contributed by atoms with Crippen LogP contribution in [0.2, 0.25) is 0 Å². The first-order valence-electron chi connectivity index (χ1n) is 10.0. The van der Waals surface area contributed by atoms with Crippen LogP contribution in [0.5, 0.6) is 0 Å². The molecule has 27 heavy (non-hydrogen) atoms. The maximum absolute atomic E-state index is 13.0. The van der Waals surface area contributed by atoms with Crippen molar-refractivity contribution in [2.45, 2.75) is 39.7 Å². The molecule has 0 aliphatic carbocycles. The predicted molar refractivity (Wildman–Crippen MR) is 110 cm³/mol. The highest BCUT2D eigenvalue weighted by Gasteiger charge is 2.31. The number of aryl methyl sites for hydroxylation is 1. The van der Waals surface area contributed by atoms with Crippen molar-refractivity contribution >= 4 is 5.91 Å². The third-order valence-corrected chi connectivity index (χ3v) is 5.32. The Morgan fingerprint density at radius 2 is 2.00 bits per heavy atom. The molecule has 4 nitrogen and oxygen atoms in total. The molecule has 0 spiro atoms. The average molecular weight is 366 g/mol. The van der Waals surface area contributed by atoms with Crippen LogP contribution < -0.4 is 5.32 Å². The summed E-state index contributed by atoms with van der Waals surface area (Å²) in [6.07, 6.45) is 4.10.